The van der Waals surface area contributed by atoms with E-state index in [0.717, 1.165) is 6.66 Å². The molecule has 0 bridgehead atoms. The first kappa shape index (κ1) is 11.0. The summed E-state index contributed by atoms with van der Waals surface area (Å²) in [5.41, 5.74) is 0. The topological polar surface area (TPSA) is 57.5 Å². The Morgan fingerprint density at radius 2 is 1.38 bits per heavy atom. The van der Waals surface area contributed by atoms with Crippen LogP contribution >= 0.6 is 7.60 Å². The van der Waals surface area contributed by atoms with E-state index in [9.17, 15) is 4.57 Å². The molecule has 0 rings (SSSR count). The van der Waals surface area contributed by atoms with Crippen molar-refractivity contribution in [3.63, 3.8) is 0 Å². The molecule has 0 heterocycles. The maximum Gasteiger partial charge on any atom is 0.322 e. The molecule has 8 heavy (non-hydrogen) atoms. The fourth-order valence-corrected chi connectivity index (χ4v) is 0. The van der Waals surface area contributed by atoms with Gasteiger partial charge in [0, 0.05) is 6.66 Å². The summed E-state index contributed by atoms with van der Waals surface area (Å²) in [5.74, 6) is 0. The van der Waals surface area contributed by atoms with E-state index in [2.05, 4.69) is 13.8 Å². The summed E-state index contributed by atoms with van der Waals surface area (Å²) in [7, 11) is -3.64. The molecule has 0 aliphatic carbocycles. The van der Waals surface area contributed by atoms with Gasteiger partial charge in [-0.15, -0.1) is 0 Å². The van der Waals surface area contributed by atoms with Crippen molar-refractivity contribution < 1.29 is 14.4 Å². The van der Waals surface area contributed by atoms with Crippen LogP contribution in [0.4, 0.5) is 0 Å². The molecule has 0 radical (unpaired) electrons. The van der Waals surface area contributed by atoms with Crippen LogP contribution in [0.15, 0.2) is 0 Å². The molecule has 0 spiro atoms. The lowest BCUT2D eigenvalue weighted by Crippen LogP contribution is -1.64. The highest BCUT2D eigenvalue weighted by Gasteiger charge is 1.95. The SMILES string of the molecule is CCC.CP(=O)(O)O. The van der Waals surface area contributed by atoms with Crippen LogP contribution in [-0.4, -0.2) is 16.5 Å². The van der Waals surface area contributed by atoms with Gasteiger partial charge in [0.2, 0.25) is 0 Å². The van der Waals surface area contributed by atoms with Gasteiger partial charge in [0.1, 0.15) is 0 Å². The summed E-state index contributed by atoms with van der Waals surface area (Å²) in [6, 6.07) is 0. The first-order valence-electron chi connectivity index (χ1n) is 2.44. The van der Waals surface area contributed by atoms with E-state index in [1.165, 1.54) is 6.42 Å². The zero-order valence-electron chi connectivity index (χ0n) is 5.46. The highest BCUT2D eigenvalue weighted by Crippen LogP contribution is 2.26. The van der Waals surface area contributed by atoms with E-state index in [-0.39, 0.29) is 0 Å². The maximum atomic E-state index is 9.33. The average molecular weight is 140 g/mol. The number of hydrogen-bond donors (Lipinski definition) is 2. The van der Waals surface area contributed by atoms with Crippen LogP contribution in [0.3, 0.4) is 0 Å². The quantitative estimate of drug-likeness (QED) is 0.497. The Bertz CT molecular complexity index is 67.1. The van der Waals surface area contributed by atoms with Crippen molar-refractivity contribution in [3.8, 4) is 0 Å². The molecule has 0 amide bonds. The number of hydrogen-bond acceptors (Lipinski definition) is 1. The first-order chi connectivity index (χ1) is 3.41. The van der Waals surface area contributed by atoms with Crippen molar-refractivity contribution in [1.29, 1.82) is 0 Å². The third kappa shape index (κ3) is 7250. The van der Waals surface area contributed by atoms with Gasteiger partial charge in [-0.05, 0) is 0 Å². The minimum absolute atomic E-state index is 0.854. The summed E-state index contributed by atoms with van der Waals surface area (Å²) in [6.45, 7) is 5.10. The molecule has 0 aliphatic heterocycles. The fourth-order valence-electron chi connectivity index (χ4n) is 0. The molecule has 3 nitrogen and oxygen atoms in total. The van der Waals surface area contributed by atoms with Crippen molar-refractivity contribution in [2.45, 2.75) is 20.3 Å². The molecule has 52 valence electrons. The van der Waals surface area contributed by atoms with Crippen LogP contribution in [0, 0.1) is 0 Å². The Hall–Kier alpha value is 0.150. The van der Waals surface area contributed by atoms with Crippen molar-refractivity contribution in [3.05, 3.63) is 0 Å². The largest absolute Gasteiger partial charge is 0.325 e. The van der Waals surface area contributed by atoms with Gasteiger partial charge in [0.25, 0.3) is 0 Å². The normalized spacial score (nSPS) is 9.62. The van der Waals surface area contributed by atoms with Crippen LogP contribution in [0.1, 0.15) is 20.3 Å². The second-order valence-electron chi connectivity index (χ2n) is 1.54. The van der Waals surface area contributed by atoms with Gasteiger partial charge in [-0.3, -0.25) is 4.57 Å². The monoisotopic (exact) mass is 140 g/mol. The standard InChI is InChI=1S/C3H8.CH5O3P/c1-3-2;1-5(2,3)4/h3H2,1-2H3;1H3,(H2,2,3,4). The average Bonchev–Trinajstić information content (AvgIpc) is 1.27. The maximum absolute atomic E-state index is 9.33. The van der Waals surface area contributed by atoms with Gasteiger partial charge in [-0.25, -0.2) is 0 Å². The second-order valence-corrected chi connectivity index (χ2v) is 3.21. The Morgan fingerprint density at radius 3 is 1.38 bits per heavy atom. The first-order valence-corrected chi connectivity index (χ1v) is 4.50. The summed E-state index contributed by atoms with van der Waals surface area (Å²) < 4.78 is 9.33. The predicted octanol–water partition coefficient (Wildman–Crippen LogP) is 1.21. The predicted molar refractivity (Wildman–Crippen MR) is 33.9 cm³/mol. The van der Waals surface area contributed by atoms with Gasteiger partial charge in [-0.2, -0.15) is 0 Å². The lowest BCUT2D eigenvalue weighted by Gasteiger charge is -1.84. The van der Waals surface area contributed by atoms with Crippen molar-refractivity contribution >= 4 is 7.60 Å². The van der Waals surface area contributed by atoms with E-state index in [1.807, 2.05) is 0 Å². The molecule has 2 N–H and O–H groups in total. The Kier molecular flexibility index (Phi) is 7.28. The molecular formula is C4H13O3P. The van der Waals surface area contributed by atoms with Crippen LogP contribution in [-0.2, 0) is 4.57 Å². The van der Waals surface area contributed by atoms with Crippen LogP contribution in [0.5, 0.6) is 0 Å². The molecular weight excluding hydrogens is 127 g/mol. The minimum Gasteiger partial charge on any atom is -0.325 e. The molecule has 0 atom stereocenters. The molecule has 0 aromatic carbocycles. The summed E-state index contributed by atoms with van der Waals surface area (Å²) in [5, 5.41) is 0. The zero-order chi connectivity index (χ0) is 7.21. The molecule has 0 unspecified atom stereocenters. The molecule has 0 aromatic heterocycles. The van der Waals surface area contributed by atoms with Crippen LogP contribution < -0.4 is 0 Å². The van der Waals surface area contributed by atoms with Gasteiger partial charge >= 0.3 is 7.60 Å². The van der Waals surface area contributed by atoms with Crippen molar-refractivity contribution in [1.82, 2.24) is 0 Å². The Morgan fingerprint density at radius 1 is 1.38 bits per heavy atom. The van der Waals surface area contributed by atoms with Crippen molar-refractivity contribution in [2.24, 2.45) is 0 Å². The van der Waals surface area contributed by atoms with Gasteiger partial charge in [0.15, 0.2) is 0 Å². The summed E-state index contributed by atoms with van der Waals surface area (Å²) >= 11 is 0. The smallest absolute Gasteiger partial charge is 0.322 e. The third-order valence-electron chi connectivity index (χ3n) is 0. The lowest BCUT2D eigenvalue weighted by molar-refractivity contribution is 0.381. The van der Waals surface area contributed by atoms with Gasteiger partial charge in [0.05, 0.1) is 0 Å². The van der Waals surface area contributed by atoms with Crippen LogP contribution in [0.25, 0.3) is 0 Å². The minimum atomic E-state index is -3.64. The third-order valence-corrected chi connectivity index (χ3v) is 0. The van der Waals surface area contributed by atoms with E-state index in [0.29, 0.717) is 0 Å². The molecule has 0 aliphatic rings. The second kappa shape index (κ2) is 5.29. The Labute approximate surface area is 49.9 Å². The summed E-state index contributed by atoms with van der Waals surface area (Å²) in [6.07, 6.45) is 1.25. The highest BCUT2D eigenvalue weighted by atomic mass is 31.2. The van der Waals surface area contributed by atoms with E-state index < -0.39 is 7.60 Å². The van der Waals surface area contributed by atoms with Crippen LogP contribution in [0.2, 0.25) is 0 Å². The van der Waals surface area contributed by atoms with Crippen molar-refractivity contribution in [2.75, 3.05) is 6.66 Å². The molecule has 0 aromatic rings. The van der Waals surface area contributed by atoms with Gasteiger partial charge < -0.3 is 9.79 Å². The highest BCUT2D eigenvalue weighted by molar-refractivity contribution is 7.50. The van der Waals surface area contributed by atoms with E-state index in [4.69, 9.17) is 9.79 Å². The van der Waals surface area contributed by atoms with Gasteiger partial charge in [-0.1, -0.05) is 20.3 Å². The van der Waals surface area contributed by atoms with E-state index >= 15 is 0 Å². The molecule has 0 fully saturated rings. The molecule has 0 saturated heterocycles. The number of rotatable bonds is 0. The Balaban J connectivity index is 0. The fraction of sp³-hybridized carbons (Fsp3) is 1.00. The van der Waals surface area contributed by atoms with E-state index in [1.54, 1.807) is 0 Å². The zero-order valence-corrected chi connectivity index (χ0v) is 6.35. The summed E-state index contributed by atoms with van der Waals surface area (Å²) in [4.78, 5) is 15.3. The molecule has 0 saturated carbocycles. The molecule has 4 heteroatoms. The lowest BCUT2D eigenvalue weighted by atomic mass is 10.6.